The molecular formula is C48H45N3O9. The predicted molar refractivity (Wildman–Crippen MR) is 220 cm³/mol. The number of ether oxygens (including phenoxy) is 2. The van der Waals surface area contributed by atoms with Crippen molar-refractivity contribution in [2.45, 2.75) is 75.2 Å². The summed E-state index contributed by atoms with van der Waals surface area (Å²) in [5.74, 6) is 0.168. The number of nitrogens with one attached hydrogen (secondary N) is 1. The van der Waals surface area contributed by atoms with Gasteiger partial charge in [-0.25, -0.2) is 14.5 Å². The van der Waals surface area contributed by atoms with E-state index in [1.54, 1.807) is 49.1 Å². The molecule has 60 heavy (non-hydrogen) atoms. The van der Waals surface area contributed by atoms with Gasteiger partial charge in [0.05, 0.1) is 24.9 Å². The summed E-state index contributed by atoms with van der Waals surface area (Å²) in [7, 11) is 1.19. The number of carboxylic acid groups (broad SMARTS) is 1. The van der Waals surface area contributed by atoms with Gasteiger partial charge in [-0.2, -0.15) is 0 Å². The van der Waals surface area contributed by atoms with Crippen LogP contribution in [0.5, 0.6) is 5.75 Å². The molecule has 0 unspecified atom stereocenters. The molecule has 7 atom stereocenters. The number of carboxylic acids is 1. The van der Waals surface area contributed by atoms with Crippen LogP contribution < -0.4 is 10.2 Å². The number of nitrogens with zero attached hydrogens (tertiary/aromatic N) is 2. The average molecular weight is 808 g/mol. The van der Waals surface area contributed by atoms with Gasteiger partial charge in [-0.15, -0.1) is 0 Å². The monoisotopic (exact) mass is 807 g/mol. The molecule has 4 aromatic rings. The highest BCUT2D eigenvalue weighted by molar-refractivity contribution is 6.24. The van der Waals surface area contributed by atoms with Crippen LogP contribution in [0.25, 0.3) is 0 Å². The van der Waals surface area contributed by atoms with Crippen molar-refractivity contribution in [3.05, 3.63) is 143 Å². The topological polar surface area (TPSA) is 163 Å². The lowest BCUT2D eigenvalue weighted by molar-refractivity contribution is -0.179. The average Bonchev–Trinajstić information content (AvgIpc) is 3.72. The first-order valence-electron chi connectivity index (χ1n) is 20.1. The summed E-state index contributed by atoms with van der Waals surface area (Å²) in [5.41, 5.74) is 1.24. The Balaban J connectivity index is 1.42. The van der Waals surface area contributed by atoms with Crippen LogP contribution in [0, 0.1) is 23.7 Å². The van der Waals surface area contributed by atoms with Gasteiger partial charge in [0.25, 0.3) is 0 Å². The second-order valence-corrected chi connectivity index (χ2v) is 16.0. The molecular weight excluding hydrogens is 763 g/mol. The molecule has 12 nitrogen and oxygen atoms in total. The molecule has 4 aromatic carbocycles. The molecule has 1 aliphatic carbocycles. The van der Waals surface area contributed by atoms with E-state index in [1.807, 2.05) is 60.7 Å². The molecule has 3 amide bonds. The van der Waals surface area contributed by atoms with Crippen molar-refractivity contribution in [1.82, 2.24) is 10.2 Å². The molecule has 2 fully saturated rings. The number of hydrogen-bond donors (Lipinski definition) is 3. The van der Waals surface area contributed by atoms with Crippen LogP contribution in [-0.4, -0.2) is 64.2 Å². The Morgan fingerprint density at radius 1 is 0.867 bits per heavy atom. The van der Waals surface area contributed by atoms with Crippen LogP contribution in [0.15, 0.2) is 115 Å². The number of cyclic esters (lactones) is 1. The fourth-order valence-corrected chi connectivity index (χ4v) is 9.55. The number of methoxy groups -OCH3 is 1. The third kappa shape index (κ3) is 6.69. The van der Waals surface area contributed by atoms with Crippen molar-refractivity contribution >= 4 is 35.5 Å². The molecule has 3 N–H and O–H groups in total. The molecule has 0 bridgehead atoms. The Hall–Kier alpha value is -6.71. The number of fused-ring (bicyclic) bond motifs is 3. The van der Waals surface area contributed by atoms with E-state index < -0.39 is 77.4 Å². The first-order chi connectivity index (χ1) is 29.0. The van der Waals surface area contributed by atoms with Crippen LogP contribution in [0.2, 0.25) is 0 Å². The normalized spacial score (nSPS) is 25.0. The minimum Gasteiger partial charge on any atom is -0.508 e. The van der Waals surface area contributed by atoms with Crippen molar-refractivity contribution in [1.29, 1.82) is 0 Å². The molecule has 0 saturated carbocycles. The van der Waals surface area contributed by atoms with Gasteiger partial charge in [0, 0.05) is 5.56 Å². The third-order valence-electron chi connectivity index (χ3n) is 12.2. The number of morpholine rings is 1. The van der Waals surface area contributed by atoms with Crippen LogP contribution in [-0.2, 0) is 34.1 Å². The summed E-state index contributed by atoms with van der Waals surface area (Å²) in [6.07, 6.45) is 4.95. The Labute approximate surface area is 347 Å². The van der Waals surface area contributed by atoms with Crippen molar-refractivity contribution in [3.8, 4) is 17.6 Å². The number of hydrogen-bond acceptors (Lipinski definition) is 9. The Kier molecular flexibility index (Phi) is 10.8. The van der Waals surface area contributed by atoms with E-state index in [9.17, 15) is 29.4 Å². The highest BCUT2D eigenvalue weighted by atomic mass is 16.6. The largest absolute Gasteiger partial charge is 0.508 e. The molecule has 3 heterocycles. The van der Waals surface area contributed by atoms with Crippen LogP contribution >= 0.6 is 0 Å². The zero-order valence-electron chi connectivity index (χ0n) is 33.4. The first-order valence-corrected chi connectivity index (χ1v) is 20.1. The van der Waals surface area contributed by atoms with E-state index in [0.29, 0.717) is 22.3 Å². The number of carbonyl (C=O) groups excluding carboxylic acids is 4. The first kappa shape index (κ1) is 40.1. The Morgan fingerprint density at radius 2 is 1.55 bits per heavy atom. The lowest BCUT2D eigenvalue weighted by atomic mass is 9.65. The highest BCUT2D eigenvalue weighted by Gasteiger charge is 2.76. The van der Waals surface area contributed by atoms with Crippen molar-refractivity contribution in [2.75, 3.05) is 12.0 Å². The van der Waals surface area contributed by atoms with Gasteiger partial charge in [-0.1, -0.05) is 105 Å². The standard InChI is InChI=1S/C48H45N3O9/c1-28(2)38(44(55)59-3)49-47(58)50-36-26-21-30(20-19-29-13-7-4-8-14-29)27-35(36)48(46(50)57)37(43(53)54)40-45(56)60-41(32-17-11-6-12-18-32)39(31-15-9-5-10-16-31)51(40)42(48)33-22-24-34(52)25-23-33/h5-6,9-13,15-18,21-28,37-42,52H,4,7-8,14H2,1-3H3,(H,49,58)(H,53,54)/t37-,38-,39-,40-,41+,42+,48-/m0/s1. The lowest BCUT2D eigenvalue weighted by Gasteiger charge is -2.46. The summed E-state index contributed by atoms with van der Waals surface area (Å²) >= 11 is 0. The Bertz CT molecular complexity index is 2440. The van der Waals surface area contributed by atoms with Crippen molar-refractivity contribution < 1.29 is 43.7 Å². The molecule has 12 heteroatoms. The van der Waals surface area contributed by atoms with Crippen LogP contribution in [0.4, 0.5) is 10.5 Å². The number of aliphatic carboxylic acids is 1. The molecule has 3 aliphatic heterocycles. The number of anilines is 1. The number of allylic oxidation sites excluding steroid dienone is 2. The van der Waals surface area contributed by atoms with Gasteiger partial charge in [0.15, 0.2) is 0 Å². The zero-order valence-corrected chi connectivity index (χ0v) is 33.4. The van der Waals surface area contributed by atoms with Gasteiger partial charge < -0.3 is 25.0 Å². The number of carbonyl (C=O) groups is 5. The highest BCUT2D eigenvalue weighted by Crippen LogP contribution is 2.66. The summed E-state index contributed by atoms with van der Waals surface area (Å²) in [6.45, 7) is 3.43. The summed E-state index contributed by atoms with van der Waals surface area (Å²) < 4.78 is 11.3. The summed E-state index contributed by atoms with van der Waals surface area (Å²) in [5, 5.41) is 24.8. The van der Waals surface area contributed by atoms with Crippen LogP contribution in [0.3, 0.4) is 0 Å². The van der Waals surface area contributed by atoms with Gasteiger partial charge in [0.2, 0.25) is 5.91 Å². The van der Waals surface area contributed by atoms with Crippen molar-refractivity contribution in [2.24, 2.45) is 11.8 Å². The second-order valence-electron chi connectivity index (χ2n) is 16.0. The fraction of sp³-hybridized carbons (Fsp3) is 0.312. The molecule has 4 aliphatic rings. The van der Waals surface area contributed by atoms with E-state index in [2.05, 4.69) is 23.2 Å². The number of phenols is 1. The number of benzene rings is 4. The molecule has 0 radical (unpaired) electrons. The van der Waals surface area contributed by atoms with Gasteiger partial charge in [-0.05, 0) is 89.8 Å². The maximum Gasteiger partial charge on any atom is 0.329 e. The number of urea groups is 1. The number of imide groups is 1. The number of aromatic hydroxyl groups is 1. The smallest absolute Gasteiger partial charge is 0.329 e. The van der Waals surface area contributed by atoms with E-state index in [-0.39, 0.29) is 17.0 Å². The Morgan fingerprint density at radius 3 is 2.17 bits per heavy atom. The van der Waals surface area contributed by atoms with Gasteiger partial charge in [-0.3, -0.25) is 19.3 Å². The number of esters is 2. The maximum absolute atomic E-state index is 16.0. The SMILES string of the molecule is COC(=O)[C@@H](NC(=O)N1C(=O)[C@@]2(c3cc(C#CC4=CCCCC4)ccc31)[C@H](C(=O)O)[C@H]1C(=O)O[C@H](c3ccccc3)[C@H](c3ccccc3)N1[C@@H]2c1ccc(O)cc1)C(C)C. The number of amides is 3. The van der Waals surface area contributed by atoms with E-state index in [1.165, 1.54) is 19.2 Å². The molecule has 2 saturated heterocycles. The summed E-state index contributed by atoms with van der Waals surface area (Å²) in [4.78, 5) is 75.2. The van der Waals surface area contributed by atoms with Crippen molar-refractivity contribution in [3.63, 3.8) is 0 Å². The maximum atomic E-state index is 16.0. The molecule has 0 aromatic heterocycles. The zero-order chi connectivity index (χ0) is 42.3. The second kappa shape index (κ2) is 16.2. The molecule has 1 spiro atoms. The lowest BCUT2D eigenvalue weighted by Crippen LogP contribution is -2.56. The predicted octanol–water partition coefficient (Wildman–Crippen LogP) is 6.90. The molecule has 306 valence electrons. The number of rotatable bonds is 7. The summed E-state index contributed by atoms with van der Waals surface area (Å²) in [6, 6.07) is 23.5. The van der Waals surface area contributed by atoms with Gasteiger partial charge in [0.1, 0.15) is 35.3 Å². The van der Waals surface area contributed by atoms with Crippen LogP contribution in [0.1, 0.15) is 85.5 Å². The third-order valence-corrected chi connectivity index (χ3v) is 12.2. The van der Waals surface area contributed by atoms with E-state index >= 15 is 4.79 Å². The van der Waals surface area contributed by atoms with Gasteiger partial charge >= 0.3 is 23.9 Å². The minimum atomic E-state index is -2.18. The molecule has 8 rings (SSSR count). The quantitative estimate of drug-likeness (QED) is 0.132. The van der Waals surface area contributed by atoms with E-state index in [4.69, 9.17) is 9.47 Å². The number of phenolic OH excluding ortho intramolecular Hbond substituents is 1. The minimum absolute atomic E-state index is 0.0754. The fourth-order valence-electron chi connectivity index (χ4n) is 9.55. The van der Waals surface area contributed by atoms with E-state index in [0.717, 1.165) is 36.2 Å².